The van der Waals surface area contributed by atoms with E-state index in [0.717, 1.165) is 24.3 Å². The molecule has 160 valence electrons. The fourth-order valence-electron chi connectivity index (χ4n) is 2.37. The summed E-state index contributed by atoms with van der Waals surface area (Å²) in [7, 11) is 0. The second-order valence-electron chi connectivity index (χ2n) is 5.70. The van der Waals surface area contributed by atoms with E-state index in [1.54, 1.807) is 0 Å². The van der Waals surface area contributed by atoms with Gasteiger partial charge in [0.25, 0.3) is 0 Å². The van der Waals surface area contributed by atoms with Crippen molar-refractivity contribution >= 4 is 5.91 Å². The van der Waals surface area contributed by atoms with Gasteiger partial charge in [0.05, 0.1) is 5.69 Å². The molecule has 14 heteroatoms. The molecule has 1 heterocycles. The lowest BCUT2D eigenvalue weighted by Crippen LogP contribution is -2.17. The van der Waals surface area contributed by atoms with Crippen molar-refractivity contribution in [2.75, 3.05) is 0 Å². The van der Waals surface area contributed by atoms with Crippen molar-refractivity contribution in [2.45, 2.75) is 13.0 Å². The van der Waals surface area contributed by atoms with Gasteiger partial charge in [0.1, 0.15) is 47.2 Å². The zero-order valence-electron chi connectivity index (χ0n) is 15.1. The normalized spacial score (nSPS) is 11.0. The quantitative estimate of drug-likeness (QED) is 0.356. The van der Waals surface area contributed by atoms with E-state index < -0.39 is 35.2 Å². The molecule has 0 unspecified atom stereocenters. The van der Waals surface area contributed by atoms with Crippen molar-refractivity contribution in [3.8, 4) is 17.2 Å². The molecule has 0 saturated carbocycles. The van der Waals surface area contributed by atoms with Crippen molar-refractivity contribution in [3.63, 3.8) is 0 Å². The average Bonchev–Trinajstić information content (AvgIpc) is 3.14. The molecule has 0 fully saturated rings. The van der Waals surface area contributed by atoms with Gasteiger partial charge in [0.2, 0.25) is 10.0 Å². The smallest absolute Gasteiger partial charge is 0.485 e. The molecule has 2 aromatic carbocycles. The molecule has 0 aliphatic rings. The fourth-order valence-corrected chi connectivity index (χ4v) is 2.37. The largest absolute Gasteiger partial charge is 0.573 e. The highest BCUT2D eigenvalue weighted by Crippen LogP contribution is 2.24. The maximum atomic E-state index is 14.0. The minimum atomic E-state index is -4.81. The van der Waals surface area contributed by atoms with Crippen molar-refractivity contribution in [1.29, 1.82) is 5.53 Å². The van der Waals surface area contributed by atoms with Crippen LogP contribution in [0.25, 0.3) is 5.69 Å². The van der Waals surface area contributed by atoms with Crippen LogP contribution in [-0.2, 0) is 6.61 Å². The number of rotatable bonds is 6. The fraction of sp³-hybridized carbons (Fsp3) is 0.118. The van der Waals surface area contributed by atoms with Crippen molar-refractivity contribution < 1.29 is 36.2 Å². The molecule has 0 radical (unpaired) electrons. The highest BCUT2D eigenvalue weighted by molar-refractivity contribution is 5.95. The average molecular weight is 441 g/mol. The van der Waals surface area contributed by atoms with Crippen LogP contribution in [0.2, 0.25) is 0 Å². The number of hydrogen-bond donors (Lipinski definition) is 1. The summed E-state index contributed by atoms with van der Waals surface area (Å²) in [5.41, 5.74) is 5.83. The van der Waals surface area contributed by atoms with Crippen molar-refractivity contribution in [2.24, 2.45) is 5.11 Å². The first-order valence-corrected chi connectivity index (χ1v) is 8.16. The maximum absolute atomic E-state index is 14.0. The molecule has 0 aliphatic heterocycles. The second-order valence-corrected chi connectivity index (χ2v) is 5.70. The summed E-state index contributed by atoms with van der Waals surface area (Å²) in [4.78, 5) is 17.8. The number of carbonyl (C=O) groups is 1. The molecule has 0 atom stereocenters. The molecule has 1 amide bonds. The lowest BCUT2D eigenvalue weighted by Gasteiger charge is -2.09. The standard InChI is InChI=1S/C17H10F5N6O3/c18-12-5-11(6-13(19)15(12)16(29)25-27-23)30-7-14-24-8-28(26-14)9-1-3-10(4-2-9)31-17(20,21)22/h1-6,8,23H,7H2/q+1. The van der Waals surface area contributed by atoms with E-state index in [4.69, 9.17) is 10.3 Å². The van der Waals surface area contributed by atoms with Gasteiger partial charge in [-0.15, -0.1) is 18.3 Å². The van der Waals surface area contributed by atoms with E-state index in [1.165, 1.54) is 23.1 Å². The lowest BCUT2D eigenvalue weighted by atomic mass is 10.2. The van der Waals surface area contributed by atoms with Crippen LogP contribution in [0.15, 0.2) is 47.8 Å². The Labute approximate surface area is 169 Å². The van der Waals surface area contributed by atoms with Crippen LogP contribution >= 0.6 is 0 Å². The molecule has 0 bridgehead atoms. The minimum Gasteiger partial charge on any atom is -0.485 e. The zero-order valence-corrected chi connectivity index (χ0v) is 15.1. The van der Waals surface area contributed by atoms with Crippen LogP contribution in [0, 0.1) is 17.2 Å². The molecule has 3 aromatic rings. The van der Waals surface area contributed by atoms with Crippen LogP contribution in [0.1, 0.15) is 16.2 Å². The van der Waals surface area contributed by atoms with Gasteiger partial charge in [-0.1, -0.05) is 0 Å². The Balaban J connectivity index is 1.68. The summed E-state index contributed by atoms with van der Waals surface area (Å²) in [6.45, 7) is -0.305. The van der Waals surface area contributed by atoms with Crippen molar-refractivity contribution in [3.05, 3.63) is 65.7 Å². The Hall–Kier alpha value is -4.19. The highest BCUT2D eigenvalue weighted by Gasteiger charge is 2.31. The summed E-state index contributed by atoms with van der Waals surface area (Å²) in [5, 5.41) is 6.78. The minimum absolute atomic E-state index is 0.0968. The summed E-state index contributed by atoms with van der Waals surface area (Å²) in [5.74, 6) is -4.45. The first kappa shape index (κ1) is 21.5. The van der Waals surface area contributed by atoms with Gasteiger partial charge in [0.15, 0.2) is 5.82 Å². The summed E-state index contributed by atoms with van der Waals surface area (Å²) >= 11 is 0. The number of alkyl halides is 3. The number of nitrogens with zero attached hydrogens (tertiary/aromatic N) is 5. The van der Waals surface area contributed by atoms with E-state index in [-0.39, 0.29) is 18.2 Å². The van der Waals surface area contributed by atoms with Gasteiger partial charge < -0.3 is 9.47 Å². The summed E-state index contributed by atoms with van der Waals surface area (Å²) < 4.78 is 74.7. The van der Waals surface area contributed by atoms with Gasteiger partial charge in [-0.3, -0.25) is 4.79 Å². The molecule has 1 N–H and O–H groups in total. The maximum Gasteiger partial charge on any atom is 0.573 e. The molecular weight excluding hydrogens is 431 g/mol. The third kappa shape index (κ3) is 5.45. The summed E-state index contributed by atoms with van der Waals surface area (Å²) in [6, 6.07) is 6.30. The number of ether oxygens (including phenoxy) is 2. The Morgan fingerprint density at radius 1 is 1.13 bits per heavy atom. The van der Waals surface area contributed by atoms with Gasteiger partial charge >= 0.3 is 12.3 Å². The third-order valence-corrected chi connectivity index (χ3v) is 3.61. The highest BCUT2D eigenvalue weighted by atomic mass is 19.4. The van der Waals surface area contributed by atoms with Gasteiger partial charge in [-0.2, -0.15) is 0 Å². The second kappa shape index (κ2) is 8.67. The van der Waals surface area contributed by atoms with Crippen LogP contribution in [0.5, 0.6) is 11.5 Å². The number of nitrogens with one attached hydrogen (secondary N) is 1. The predicted octanol–water partition coefficient (Wildman–Crippen LogP) is 3.71. The first-order valence-electron chi connectivity index (χ1n) is 8.16. The Kier molecular flexibility index (Phi) is 6.02. The van der Waals surface area contributed by atoms with E-state index in [9.17, 15) is 26.7 Å². The Morgan fingerprint density at radius 3 is 2.35 bits per heavy atom. The molecule has 31 heavy (non-hydrogen) atoms. The van der Waals surface area contributed by atoms with Gasteiger partial charge in [0, 0.05) is 12.1 Å². The number of amides is 1. The number of aromatic nitrogens is 3. The Bertz CT molecular complexity index is 1130. The zero-order chi connectivity index (χ0) is 22.6. The lowest BCUT2D eigenvalue weighted by molar-refractivity contribution is -0.274. The molecule has 0 aliphatic carbocycles. The van der Waals surface area contributed by atoms with Crippen LogP contribution in [0.3, 0.4) is 0 Å². The van der Waals surface area contributed by atoms with Gasteiger partial charge in [-0.25, -0.2) is 18.4 Å². The van der Waals surface area contributed by atoms with Crippen LogP contribution in [-0.4, -0.2) is 27.0 Å². The van der Waals surface area contributed by atoms with E-state index in [1.807, 2.05) is 0 Å². The van der Waals surface area contributed by atoms with Crippen LogP contribution < -0.4 is 14.4 Å². The van der Waals surface area contributed by atoms with E-state index >= 15 is 0 Å². The van der Waals surface area contributed by atoms with E-state index in [2.05, 4.69) is 24.8 Å². The Morgan fingerprint density at radius 2 is 1.77 bits per heavy atom. The molecule has 1 aromatic heterocycles. The third-order valence-electron chi connectivity index (χ3n) is 3.61. The SMILES string of the molecule is N=[N+]=NC(=O)c1c(F)cc(OCc2ncn(-c3ccc(OC(F)(F)F)cc3)n2)cc1F. The molecule has 0 saturated heterocycles. The van der Waals surface area contributed by atoms with Crippen molar-refractivity contribution in [1.82, 2.24) is 19.7 Å². The van der Waals surface area contributed by atoms with Gasteiger partial charge in [-0.05, 0) is 24.3 Å². The number of hydrogen-bond acceptors (Lipinski definition) is 6. The number of carbonyl (C=O) groups excluding carboxylic acids is 1. The van der Waals surface area contributed by atoms with Crippen LogP contribution in [0.4, 0.5) is 22.0 Å². The topological polar surface area (TPSA) is 117 Å². The molecular formula is C17H10F5N6O3+. The first-order chi connectivity index (χ1) is 14.7. The summed E-state index contributed by atoms with van der Waals surface area (Å²) in [6.07, 6.45) is -3.55. The molecule has 3 rings (SSSR count). The number of benzene rings is 2. The molecule has 0 spiro atoms. The molecule has 9 nitrogen and oxygen atoms in total. The monoisotopic (exact) mass is 441 g/mol. The predicted molar refractivity (Wildman–Crippen MR) is 90.3 cm³/mol. The van der Waals surface area contributed by atoms with E-state index in [0.29, 0.717) is 5.69 Å². The number of halogens is 5.